The van der Waals surface area contributed by atoms with Gasteiger partial charge in [0.2, 0.25) is 0 Å². The zero-order valence-electron chi connectivity index (χ0n) is 14.8. The van der Waals surface area contributed by atoms with Gasteiger partial charge >= 0.3 is 0 Å². The van der Waals surface area contributed by atoms with Gasteiger partial charge in [0.1, 0.15) is 5.82 Å². The van der Waals surface area contributed by atoms with Crippen LogP contribution in [0.25, 0.3) is 10.9 Å². The van der Waals surface area contributed by atoms with Crippen molar-refractivity contribution in [2.24, 2.45) is 0 Å². The molecule has 0 radical (unpaired) electrons. The van der Waals surface area contributed by atoms with Gasteiger partial charge in [0.25, 0.3) is 5.91 Å². The van der Waals surface area contributed by atoms with Crippen molar-refractivity contribution in [2.75, 3.05) is 10.6 Å². The number of nitrogens with zero attached hydrogens (tertiary/aromatic N) is 2. The maximum Gasteiger partial charge on any atom is 0.255 e. The molecule has 5 nitrogen and oxygen atoms in total. The van der Waals surface area contributed by atoms with Gasteiger partial charge in [-0.25, -0.2) is 4.98 Å². The highest BCUT2D eigenvalue weighted by Crippen LogP contribution is 2.24. The molecule has 4 rings (SSSR count). The number of fused-ring (bicyclic) bond motifs is 1. The monoisotopic (exact) mass is 354 g/mol. The van der Waals surface area contributed by atoms with Crippen molar-refractivity contribution in [2.45, 2.75) is 6.92 Å². The Morgan fingerprint density at radius 3 is 2.59 bits per heavy atom. The third-order valence-corrected chi connectivity index (χ3v) is 4.20. The average molecular weight is 354 g/mol. The lowest BCUT2D eigenvalue weighted by Crippen LogP contribution is -2.12. The molecule has 0 aliphatic rings. The van der Waals surface area contributed by atoms with Crippen LogP contribution >= 0.6 is 0 Å². The number of benzene rings is 2. The molecule has 0 bridgehead atoms. The fourth-order valence-electron chi connectivity index (χ4n) is 2.87. The van der Waals surface area contributed by atoms with Crippen LogP contribution in [0, 0.1) is 6.92 Å². The standard InChI is InChI=1S/C22H18N4O/c1-15-5-2-7-17(13-15)22(27)25-18-10-11-20(24-14-18)26-19-9-3-6-16-8-4-12-23-21(16)19/h2-14H,1H3,(H,24,26)(H,25,27). The lowest BCUT2D eigenvalue weighted by molar-refractivity contribution is 0.102. The summed E-state index contributed by atoms with van der Waals surface area (Å²) in [6, 6.07) is 21.0. The highest BCUT2D eigenvalue weighted by molar-refractivity contribution is 6.04. The minimum Gasteiger partial charge on any atom is -0.338 e. The third kappa shape index (κ3) is 3.77. The van der Waals surface area contributed by atoms with Crippen LogP contribution in [-0.2, 0) is 0 Å². The molecule has 2 aromatic heterocycles. The molecule has 0 aliphatic carbocycles. The van der Waals surface area contributed by atoms with Crippen LogP contribution in [0.1, 0.15) is 15.9 Å². The minimum atomic E-state index is -0.153. The molecule has 0 atom stereocenters. The summed E-state index contributed by atoms with van der Waals surface area (Å²) in [6.45, 7) is 1.96. The zero-order valence-corrected chi connectivity index (χ0v) is 14.8. The van der Waals surface area contributed by atoms with E-state index < -0.39 is 0 Å². The smallest absolute Gasteiger partial charge is 0.255 e. The van der Waals surface area contributed by atoms with Crippen molar-refractivity contribution in [3.8, 4) is 0 Å². The Bertz CT molecular complexity index is 1100. The molecular formula is C22H18N4O. The molecule has 132 valence electrons. The Morgan fingerprint density at radius 1 is 0.926 bits per heavy atom. The number of amides is 1. The third-order valence-electron chi connectivity index (χ3n) is 4.20. The lowest BCUT2D eigenvalue weighted by atomic mass is 10.1. The Kier molecular flexibility index (Phi) is 4.49. The van der Waals surface area contributed by atoms with Gasteiger partial charge in [0.05, 0.1) is 23.1 Å². The molecule has 1 amide bonds. The molecule has 0 spiro atoms. The Morgan fingerprint density at radius 2 is 1.78 bits per heavy atom. The fourth-order valence-corrected chi connectivity index (χ4v) is 2.87. The van der Waals surface area contributed by atoms with E-state index in [1.165, 1.54) is 0 Å². The number of hydrogen-bond donors (Lipinski definition) is 2. The van der Waals surface area contributed by atoms with E-state index in [0.29, 0.717) is 17.1 Å². The van der Waals surface area contributed by atoms with Crippen molar-refractivity contribution in [1.82, 2.24) is 9.97 Å². The number of carbonyl (C=O) groups is 1. The van der Waals surface area contributed by atoms with E-state index in [-0.39, 0.29) is 5.91 Å². The van der Waals surface area contributed by atoms with E-state index in [1.807, 2.05) is 67.6 Å². The number of aromatic nitrogens is 2. The van der Waals surface area contributed by atoms with Gasteiger partial charge in [0.15, 0.2) is 0 Å². The molecule has 2 aromatic carbocycles. The Hall–Kier alpha value is -3.73. The first-order valence-electron chi connectivity index (χ1n) is 8.64. The van der Waals surface area contributed by atoms with Gasteiger partial charge in [-0.05, 0) is 43.3 Å². The predicted octanol–water partition coefficient (Wildman–Crippen LogP) is 4.93. The molecule has 0 saturated heterocycles. The van der Waals surface area contributed by atoms with Gasteiger partial charge in [0, 0.05) is 17.1 Å². The molecule has 2 heterocycles. The molecule has 0 saturated carbocycles. The van der Waals surface area contributed by atoms with Crippen LogP contribution < -0.4 is 10.6 Å². The first kappa shape index (κ1) is 16.7. The van der Waals surface area contributed by atoms with Gasteiger partial charge in [-0.3, -0.25) is 9.78 Å². The zero-order chi connectivity index (χ0) is 18.6. The second-order valence-corrected chi connectivity index (χ2v) is 6.26. The number of pyridine rings is 2. The molecule has 0 aliphatic heterocycles. The number of rotatable bonds is 4. The van der Waals surface area contributed by atoms with Crippen molar-refractivity contribution in [3.63, 3.8) is 0 Å². The Labute approximate surface area is 157 Å². The molecule has 4 aromatic rings. The maximum absolute atomic E-state index is 12.3. The molecule has 5 heteroatoms. The summed E-state index contributed by atoms with van der Waals surface area (Å²) in [5.74, 6) is 0.529. The molecular weight excluding hydrogens is 336 g/mol. The SMILES string of the molecule is Cc1cccc(C(=O)Nc2ccc(Nc3cccc4cccnc34)nc2)c1. The van der Waals surface area contributed by atoms with Crippen LogP contribution in [0.2, 0.25) is 0 Å². The van der Waals surface area contributed by atoms with Gasteiger partial charge in [-0.2, -0.15) is 0 Å². The highest BCUT2D eigenvalue weighted by atomic mass is 16.1. The number of hydrogen-bond acceptors (Lipinski definition) is 4. The molecule has 2 N–H and O–H groups in total. The second-order valence-electron chi connectivity index (χ2n) is 6.26. The normalized spacial score (nSPS) is 10.6. The van der Waals surface area contributed by atoms with Crippen molar-refractivity contribution < 1.29 is 4.79 Å². The van der Waals surface area contributed by atoms with Crippen molar-refractivity contribution in [3.05, 3.63) is 90.3 Å². The first-order valence-corrected chi connectivity index (χ1v) is 8.64. The minimum absolute atomic E-state index is 0.153. The van der Waals surface area contributed by atoms with Gasteiger partial charge in [-0.15, -0.1) is 0 Å². The van der Waals surface area contributed by atoms with E-state index in [9.17, 15) is 4.79 Å². The summed E-state index contributed by atoms with van der Waals surface area (Å²) >= 11 is 0. The number of aryl methyl sites for hydroxylation is 1. The van der Waals surface area contributed by atoms with E-state index in [0.717, 1.165) is 22.2 Å². The molecule has 0 fully saturated rings. The summed E-state index contributed by atoms with van der Waals surface area (Å²) in [4.78, 5) is 21.1. The van der Waals surface area contributed by atoms with Crippen molar-refractivity contribution in [1.29, 1.82) is 0 Å². The lowest BCUT2D eigenvalue weighted by Gasteiger charge is -2.10. The van der Waals surface area contributed by atoms with Crippen LogP contribution in [0.15, 0.2) is 79.1 Å². The average Bonchev–Trinajstić information content (AvgIpc) is 2.70. The fraction of sp³-hybridized carbons (Fsp3) is 0.0455. The van der Waals surface area contributed by atoms with E-state index in [1.54, 1.807) is 18.5 Å². The Balaban J connectivity index is 1.50. The van der Waals surface area contributed by atoms with Crippen LogP contribution in [0.5, 0.6) is 0 Å². The number of carbonyl (C=O) groups excluding carboxylic acids is 1. The summed E-state index contributed by atoms with van der Waals surface area (Å²) in [7, 11) is 0. The highest BCUT2D eigenvalue weighted by Gasteiger charge is 2.07. The number of para-hydroxylation sites is 1. The quantitative estimate of drug-likeness (QED) is 0.545. The second kappa shape index (κ2) is 7.25. The molecule has 27 heavy (non-hydrogen) atoms. The summed E-state index contributed by atoms with van der Waals surface area (Å²) in [5, 5.41) is 7.20. The van der Waals surface area contributed by atoms with E-state index in [2.05, 4.69) is 20.6 Å². The van der Waals surface area contributed by atoms with Crippen molar-refractivity contribution >= 4 is 34.0 Å². The summed E-state index contributed by atoms with van der Waals surface area (Å²) in [5.41, 5.74) is 4.09. The first-order chi connectivity index (χ1) is 13.2. The largest absolute Gasteiger partial charge is 0.338 e. The van der Waals surface area contributed by atoms with Crippen LogP contribution in [-0.4, -0.2) is 15.9 Å². The number of anilines is 3. The maximum atomic E-state index is 12.3. The topological polar surface area (TPSA) is 66.9 Å². The predicted molar refractivity (Wildman–Crippen MR) is 108 cm³/mol. The van der Waals surface area contributed by atoms with Crippen LogP contribution in [0.4, 0.5) is 17.2 Å². The molecule has 0 unspecified atom stereocenters. The van der Waals surface area contributed by atoms with Crippen LogP contribution in [0.3, 0.4) is 0 Å². The van der Waals surface area contributed by atoms with Gasteiger partial charge < -0.3 is 10.6 Å². The summed E-state index contributed by atoms with van der Waals surface area (Å²) < 4.78 is 0. The van der Waals surface area contributed by atoms with E-state index in [4.69, 9.17) is 0 Å². The van der Waals surface area contributed by atoms with E-state index >= 15 is 0 Å². The van der Waals surface area contributed by atoms with Gasteiger partial charge in [-0.1, -0.05) is 35.9 Å². The summed E-state index contributed by atoms with van der Waals surface area (Å²) in [6.07, 6.45) is 3.40. The number of nitrogens with one attached hydrogen (secondary N) is 2.